The lowest BCUT2D eigenvalue weighted by Gasteiger charge is -2.28. The van der Waals surface area contributed by atoms with E-state index in [0.29, 0.717) is 12.8 Å². The van der Waals surface area contributed by atoms with E-state index in [1.807, 2.05) is 64.1 Å². The van der Waals surface area contributed by atoms with Crippen LogP contribution >= 0.6 is 0 Å². The Kier molecular flexibility index (Phi) is 12.6. The van der Waals surface area contributed by atoms with Crippen LogP contribution in [0.1, 0.15) is 51.7 Å². The minimum absolute atomic E-state index is 0.0905. The number of carbonyl (C=O) groups excluding carboxylic acids is 3. The highest BCUT2D eigenvalue weighted by Gasteiger charge is 2.32. The van der Waals surface area contributed by atoms with Crippen LogP contribution in [0.5, 0.6) is 0 Å². The third-order valence-electron chi connectivity index (χ3n) is 6.67. The summed E-state index contributed by atoms with van der Waals surface area (Å²) in [6, 6.07) is 14.2. The summed E-state index contributed by atoms with van der Waals surface area (Å²) in [5, 5.41) is 17.9. The van der Waals surface area contributed by atoms with Crippen LogP contribution < -0.4 is 21.7 Å². The number of nitrogens with two attached hydrogens (primary N) is 1. The van der Waals surface area contributed by atoms with Gasteiger partial charge in [0.1, 0.15) is 18.1 Å². The Hall–Kier alpha value is -3.72. The highest BCUT2D eigenvalue weighted by Crippen LogP contribution is 2.12. The summed E-state index contributed by atoms with van der Waals surface area (Å²) in [7, 11) is 0. The first kappa shape index (κ1) is 31.5. The van der Waals surface area contributed by atoms with Gasteiger partial charge in [-0.15, -0.1) is 0 Å². The van der Waals surface area contributed by atoms with Crippen molar-refractivity contribution in [3.63, 3.8) is 0 Å². The molecular formula is C30H42N4O5. The van der Waals surface area contributed by atoms with Crippen molar-refractivity contribution >= 4 is 23.7 Å². The van der Waals surface area contributed by atoms with Crippen LogP contribution in [0.4, 0.5) is 0 Å². The summed E-state index contributed by atoms with van der Waals surface area (Å²) in [5.74, 6) is -2.78. The van der Waals surface area contributed by atoms with Crippen molar-refractivity contribution < 1.29 is 24.3 Å². The molecule has 5 unspecified atom stereocenters. The van der Waals surface area contributed by atoms with Crippen molar-refractivity contribution in [1.29, 1.82) is 0 Å². The van der Waals surface area contributed by atoms with Crippen LogP contribution in [0.15, 0.2) is 60.7 Å². The monoisotopic (exact) mass is 538 g/mol. The molecule has 9 heteroatoms. The molecule has 0 radical (unpaired) electrons. The van der Waals surface area contributed by atoms with Gasteiger partial charge in [-0.3, -0.25) is 14.4 Å². The summed E-state index contributed by atoms with van der Waals surface area (Å²) in [4.78, 5) is 51.6. The number of carbonyl (C=O) groups is 4. The van der Waals surface area contributed by atoms with E-state index >= 15 is 0 Å². The van der Waals surface area contributed by atoms with Crippen LogP contribution in [0.2, 0.25) is 0 Å². The zero-order valence-corrected chi connectivity index (χ0v) is 23.2. The molecule has 0 saturated carbocycles. The van der Waals surface area contributed by atoms with E-state index in [2.05, 4.69) is 16.0 Å². The summed E-state index contributed by atoms with van der Waals surface area (Å²) >= 11 is 0. The molecule has 39 heavy (non-hydrogen) atoms. The van der Waals surface area contributed by atoms with E-state index in [0.717, 1.165) is 11.1 Å². The van der Waals surface area contributed by atoms with E-state index in [1.54, 1.807) is 24.3 Å². The fourth-order valence-corrected chi connectivity index (χ4v) is 4.22. The van der Waals surface area contributed by atoms with Crippen LogP contribution in [0, 0.1) is 11.8 Å². The maximum Gasteiger partial charge on any atom is 0.326 e. The van der Waals surface area contributed by atoms with Crippen molar-refractivity contribution in [2.75, 3.05) is 0 Å². The second-order valence-corrected chi connectivity index (χ2v) is 10.4. The predicted molar refractivity (Wildman–Crippen MR) is 151 cm³/mol. The number of rotatable bonds is 15. The van der Waals surface area contributed by atoms with Gasteiger partial charge in [-0.2, -0.15) is 0 Å². The number of aliphatic carboxylic acids is 1. The molecule has 0 saturated heterocycles. The zero-order valence-electron chi connectivity index (χ0n) is 23.2. The van der Waals surface area contributed by atoms with Gasteiger partial charge in [0.25, 0.3) is 0 Å². The second kappa shape index (κ2) is 15.6. The van der Waals surface area contributed by atoms with Crippen LogP contribution in [-0.2, 0) is 32.0 Å². The normalized spacial score (nSPS) is 14.9. The molecule has 2 aromatic rings. The van der Waals surface area contributed by atoms with Gasteiger partial charge in [0, 0.05) is 12.8 Å². The van der Waals surface area contributed by atoms with Gasteiger partial charge in [0.15, 0.2) is 0 Å². The molecule has 0 heterocycles. The Bertz CT molecular complexity index is 1080. The minimum atomic E-state index is -1.19. The van der Waals surface area contributed by atoms with Crippen LogP contribution in [0.3, 0.4) is 0 Å². The number of hydrogen-bond donors (Lipinski definition) is 5. The minimum Gasteiger partial charge on any atom is -0.480 e. The van der Waals surface area contributed by atoms with E-state index in [9.17, 15) is 24.3 Å². The molecule has 0 bridgehead atoms. The molecule has 0 aromatic heterocycles. The molecule has 5 atom stereocenters. The fourth-order valence-electron chi connectivity index (χ4n) is 4.22. The van der Waals surface area contributed by atoms with Gasteiger partial charge < -0.3 is 26.8 Å². The van der Waals surface area contributed by atoms with Crippen molar-refractivity contribution in [2.45, 2.75) is 77.5 Å². The van der Waals surface area contributed by atoms with Gasteiger partial charge >= 0.3 is 5.97 Å². The zero-order chi connectivity index (χ0) is 28.9. The molecule has 9 nitrogen and oxygen atoms in total. The Labute approximate surface area is 230 Å². The summed E-state index contributed by atoms with van der Waals surface area (Å²) in [6.07, 6.45) is 1.31. The van der Waals surface area contributed by atoms with Gasteiger partial charge in [-0.25, -0.2) is 4.79 Å². The number of nitrogens with one attached hydrogen (secondary N) is 3. The van der Waals surface area contributed by atoms with Gasteiger partial charge in [-0.05, 0) is 29.4 Å². The quantitative estimate of drug-likeness (QED) is 0.235. The maximum atomic E-state index is 13.5. The molecule has 2 aromatic carbocycles. The number of benzene rings is 2. The summed E-state index contributed by atoms with van der Waals surface area (Å²) in [6.45, 7) is 7.66. The first-order chi connectivity index (χ1) is 18.5. The lowest BCUT2D eigenvalue weighted by Crippen LogP contribution is -2.59. The molecule has 212 valence electrons. The van der Waals surface area contributed by atoms with E-state index in [4.69, 9.17) is 5.73 Å². The van der Waals surface area contributed by atoms with E-state index < -0.39 is 47.9 Å². The number of carboxylic acids is 1. The molecule has 0 aliphatic heterocycles. The topological polar surface area (TPSA) is 151 Å². The van der Waals surface area contributed by atoms with Gasteiger partial charge in [-0.1, -0.05) is 94.8 Å². The molecule has 0 aliphatic rings. The molecule has 3 amide bonds. The average molecular weight is 539 g/mol. The van der Waals surface area contributed by atoms with Crippen LogP contribution in [-0.4, -0.2) is 53.0 Å². The molecule has 0 aliphatic carbocycles. The van der Waals surface area contributed by atoms with Crippen LogP contribution in [0.25, 0.3) is 0 Å². The average Bonchev–Trinajstić information content (AvgIpc) is 2.90. The number of amides is 3. The number of hydrogen-bond acceptors (Lipinski definition) is 5. The number of carboxylic acid groups (broad SMARTS) is 1. The van der Waals surface area contributed by atoms with E-state index in [-0.39, 0.29) is 24.7 Å². The third-order valence-corrected chi connectivity index (χ3v) is 6.67. The maximum absolute atomic E-state index is 13.5. The molecular weight excluding hydrogens is 496 g/mol. The first-order valence-electron chi connectivity index (χ1n) is 13.5. The fraction of sp³-hybridized carbons (Fsp3) is 0.467. The largest absolute Gasteiger partial charge is 0.480 e. The standard InChI is InChI=1S/C30H42N4O5/c1-5-20(4)26(34-27(35)23(31)16-19(2)3)29(37)32-24(17-21-12-8-6-9-13-21)28(36)33-25(30(38)39)18-22-14-10-7-11-15-22/h6-15,19-20,23-26H,5,16-18,31H2,1-4H3,(H,32,37)(H,33,36)(H,34,35)(H,38,39). The molecule has 2 rings (SSSR count). The molecule has 6 N–H and O–H groups in total. The lowest BCUT2D eigenvalue weighted by molar-refractivity contribution is -0.142. The lowest BCUT2D eigenvalue weighted by atomic mass is 9.96. The van der Waals surface area contributed by atoms with Crippen molar-refractivity contribution in [1.82, 2.24) is 16.0 Å². The Morgan fingerprint density at radius 1 is 0.744 bits per heavy atom. The Morgan fingerprint density at radius 3 is 1.69 bits per heavy atom. The van der Waals surface area contributed by atoms with E-state index in [1.165, 1.54) is 0 Å². The summed E-state index contributed by atoms with van der Waals surface area (Å²) < 4.78 is 0. The summed E-state index contributed by atoms with van der Waals surface area (Å²) in [5.41, 5.74) is 7.59. The first-order valence-corrected chi connectivity index (χ1v) is 13.5. The van der Waals surface area contributed by atoms with Crippen molar-refractivity contribution in [2.24, 2.45) is 17.6 Å². The predicted octanol–water partition coefficient (Wildman–Crippen LogP) is 2.43. The highest BCUT2D eigenvalue weighted by molar-refractivity contribution is 5.94. The molecule has 0 spiro atoms. The van der Waals surface area contributed by atoms with Crippen molar-refractivity contribution in [3.8, 4) is 0 Å². The molecule has 0 fully saturated rings. The van der Waals surface area contributed by atoms with Gasteiger partial charge in [0.05, 0.1) is 6.04 Å². The Morgan fingerprint density at radius 2 is 1.23 bits per heavy atom. The van der Waals surface area contributed by atoms with Crippen molar-refractivity contribution in [3.05, 3.63) is 71.8 Å². The SMILES string of the molecule is CCC(C)C(NC(=O)C(N)CC(C)C)C(=O)NC(Cc1ccccc1)C(=O)NC(Cc1ccccc1)C(=O)O. The van der Waals surface area contributed by atoms with Gasteiger partial charge in [0.2, 0.25) is 17.7 Å². The highest BCUT2D eigenvalue weighted by atomic mass is 16.4. The third kappa shape index (κ3) is 10.5. The Balaban J connectivity index is 2.25. The smallest absolute Gasteiger partial charge is 0.326 e. The second-order valence-electron chi connectivity index (χ2n) is 10.4.